The lowest BCUT2D eigenvalue weighted by Crippen LogP contribution is -2.49. The summed E-state index contributed by atoms with van der Waals surface area (Å²) >= 11 is 0. The van der Waals surface area contributed by atoms with E-state index >= 15 is 0 Å². The summed E-state index contributed by atoms with van der Waals surface area (Å²) in [6, 6.07) is 0. The number of piperazine rings is 1. The van der Waals surface area contributed by atoms with E-state index in [1.165, 1.54) is 0 Å². The molecule has 0 aromatic carbocycles. The standard InChI is InChI=1S/C13H17F3N4O.C9H9F3N2O/c1-2-3-11(21)19-4-6-20(7-5-19)12-17-8-10(9-18-12)13(14,15)16;10-9(11,12)7-5-3-1-2-4-6(5)13-14-8(7)15/h8-9H,2-7H2,1H3;1-4H2,(H,14,15). The van der Waals surface area contributed by atoms with Crippen LogP contribution >= 0.6 is 0 Å². The summed E-state index contributed by atoms with van der Waals surface area (Å²) in [6.45, 7) is 4.10. The number of hydrogen-bond donors (Lipinski definition) is 1. The van der Waals surface area contributed by atoms with Gasteiger partial charge in [0.05, 0.1) is 11.3 Å². The van der Waals surface area contributed by atoms with Gasteiger partial charge < -0.3 is 9.80 Å². The molecule has 0 radical (unpaired) electrons. The van der Waals surface area contributed by atoms with E-state index < -0.39 is 29.0 Å². The zero-order valence-corrected chi connectivity index (χ0v) is 19.5. The van der Waals surface area contributed by atoms with Crippen LogP contribution in [0.1, 0.15) is 55.0 Å². The van der Waals surface area contributed by atoms with Crippen molar-refractivity contribution in [2.24, 2.45) is 0 Å². The van der Waals surface area contributed by atoms with Crippen molar-refractivity contribution in [3.05, 3.63) is 45.1 Å². The first kappa shape index (κ1) is 27.4. The number of aromatic nitrogens is 4. The molecule has 2 aliphatic rings. The molecule has 1 saturated heterocycles. The van der Waals surface area contributed by atoms with Crippen molar-refractivity contribution in [1.82, 2.24) is 25.1 Å². The number of aryl methyl sites for hydroxylation is 1. The van der Waals surface area contributed by atoms with Crippen molar-refractivity contribution in [2.45, 2.75) is 57.8 Å². The molecule has 0 bridgehead atoms. The van der Waals surface area contributed by atoms with Crippen molar-refractivity contribution >= 4 is 11.9 Å². The number of fused-ring (bicyclic) bond motifs is 1. The Bertz CT molecular complexity index is 1090. The summed E-state index contributed by atoms with van der Waals surface area (Å²) in [6.07, 6.45) is -3.80. The molecule has 1 fully saturated rings. The first-order valence-electron chi connectivity index (χ1n) is 11.5. The van der Waals surface area contributed by atoms with E-state index in [0.29, 0.717) is 57.6 Å². The highest BCUT2D eigenvalue weighted by Crippen LogP contribution is 2.32. The van der Waals surface area contributed by atoms with Gasteiger partial charge in [-0.2, -0.15) is 31.4 Å². The number of carbonyl (C=O) groups is 1. The Kier molecular flexibility index (Phi) is 8.56. The van der Waals surface area contributed by atoms with Crippen LogP contribution in [-0.2, 0) is 30.0 Å². The average molecular weight is 520 g/mol. The second kappa shape index (κ2) is 11.2. The van der Waals surface area contributed by atoms with Gasteiger partial charge in [-0.3, -0.25) is 9.59 Å². The van der Waals surface area contributed by atoms with Gasteiger partial charge in [-0.05, 0) is 37.7 Å². The zero-order chi connectivity index (χ0) is 26.5. The zero-order valence-electron chi connectivity index (χ0n) is 19.5. The molecule has 0 saturated carbocycles. The lowest BCUT2D eigenvalue weighted by molar-refractivity contribution is -0.140. The van der Waals surface area contributed by atoms with E-state index in [1.807, 2.05) is 12.0 Å². The molecular weight excluding hydrogens is 494 g/mol. The van der Waals surface area contributed by atoms with Crippen molar-refractivity contribution < 1.29 is 31.1 Å². The molecule has 1 N–H and O–H groups in total. The second-order valence-electron chi connectivity index (χ2n) is 8.45. The monoisotopic (exact) mass is 520 g/mol. The maximum atomic E-state index is 12.6. The van der Waals surface area contributed by atoms with Crippen LogP contribution in [0.2, 0.25) is 0 Å². The number of rotatable bonds is 3. The predicted molar refractivity (Wildman–Crippen MR) is 117 cm³/mol. The van der Waals surface area contributed by atoms with Gasteiger partial charge in [0.2, 0.25) is 11.9 Å². The summed E-state index contributed by atoms with van der Waals surface area (Å²) in [5, 5.41) is 5.56. The molecule has 2 aromatic heterocycles. The number of halogens is 6. The van der Waals surface area contributed by atoms with Crippen molar-refractivity contribution in [1.29, 1.82) is 0 Å². The Morgan fingerprint density at radius 2 is 1.58 bits per heavy atom. The van der Waals surface area contributed by atoms with Gasteiger partial charge in [0.25, 0.3) is 5.56 Å². The van der Waals surface area contributed by atoms with Crippen LogP contribution in [0.5, 0.6) is 0 Å². The summed E-state index contributed by atoms with van der Waals surface area (Å²) < 4.78 is 75.1. The third-order valence-corrected chi connectivity index (χ3v) is 5.89. The summed E-state index contributed by atoms with van der Waals surface area (Å²) in [5.41, 5.74) is -2.59. The topological polar surface area (TPSA) is 95.1 Å². The summed E-state index contributed by atoms with van der Waals surface area (Å²) in [5.74, 6) is 0.385. The Balaban J connectivity index is 0.000000212. The number of alkyl halides is 6. The van der Waals surface area contributed by atoms with Gasteiger partial charge in [0.1, 0.15) is 5.56 Å². The predicted octanol–water partition coefficient (Wildman–Crippen LogP) is 3.61. The minimum atomic E-state index is -4.59. The molecule has 2 aromatic rings. The quantitative estimate of drug-likeness (QED) is 0.622. The molecular formula is C22H26F6N6O2. The van der Waals surface area contributed by atoms with Gasteiger partial charge in [-0.15, -0.1) is 0 Å². The lowest BCUT2D eigenvalue weighted by atomic mass is 9.93. The van der Waals surface area contributed by atoms with E-state index in [1.54, 1.807) is 9.80 Å². The number of anilines is 1. The first-order chi connectivity index (χ1) is 16.9. The SMILES string of the molecule is CCCC(=O)N1CCN(c2ncc(C(F)(F)F)cn2)CC1.O=c1[nH]nc2c(c1C(F)(F)F)CCCC2. The highest BCUT2D eigenvalue weighted by Gasteiger charge is 2.38. The maximum Gasteiger partial charge on any atom is 0.422 e. The number of hydrogen-bond acceptors (Lipinski definition) is 6. The molecule has 0 unspecified atom stereocenters. The summed E-state index contributed by atoms with van der Waals surface area (Å²) in [7, 11) is 0. The molecule has 0 atom stereocenters. The van der Waals surface area contributed by atoms with Gasteiger partial charge in [-0.25, -0.2) is 15.1 Å². The molecule has 198 valence electrons. The highest BCUT2D eigenvalue weighted by atomic mass is 19.4. The Morgan fingerprint density at radius 1 is 0.972 bits per heavy atom. The fourth-order valence-electron chi connectivity index (χ4n) is 4.05. The lowest BCUT2D eigenvalue weighted by Gasteiger charge is -2.34. The number of H-pyrrole nitrogens is 1. The van der Waals surface area contributed by atoms with Crippen LogP contribution in [0.25, 0.3) is 0 Å². The number of nitrogens with one attached hydrogen (secondary N) is 1. The molecule has 1 aliphatic heterocycles. The van der Waals surface area contributed by atoms with Crippen molar-refractivity contribution in [3.8, 4) is 0 Å². The van der Waals surface area contributed by atoms with Gasteiger partial charge >= 0.3 is 12.4 Å². The molecule has 1 aliphatic carbocycles. The number of nitrogens with zero attached hydrogens (tertiary/aromatic N) is 5. The van der Waals surface area contributed by atoms with E-state index in [4.69, 9.17) is 0 Å². The van der Waals surface area contributed by atoms with Crippen LogP contribution in [0.15, 0.2) is 17.2 Å². The fraction of sp³-hybridized carbons (Fsp3) is 0.591. The van der Waals surface area contributed by atoms with E-state index in [0.717, 1.165) is 25.2 Å². The average Bonchev–Trinajstić information content (AvgIpc) is 2.83. The fourth-order valence-corrected chi connectivity index (χ4v) is 4.05. The van der Waals surface area contributed by atoms with E-state index in [-0.39, 0.29) is 17.4 Å². The molecule has 1 amide bonds. The normalized spacial score (nSPS) is 16.2. The molecule has 0 spiro atoms. The molecule has 4 rings (SSSR count). The third kappa shape index (κ3) is 6.72. The molecule has 36 heavy (non-hydrogen) atoms. The van der Waals surface area contributed by atoms with Crippen LogP contribution < -0.4 is 10.5 Å². The largest absolute Gasteiger partial charge is 0.422 e. The third-order valence-electron chi connectivity index (χ3n) is 5.89. The van der Waals surface area contributed by atoms with Gasteiger partial charge in [-0.1, -0.05) is 6.92 Å². The summed E-state index contributed by atoms with van der Waals surface area (Å²) in [4.78, 5) is 33.9. The van der Waals surface area contributed by atoms with E-state index in [2.05, 4.69) is 15.1 Å². The van der Waals surface area contributed by atoms with Crippen molar-refractivity contribution in [3.63, 3.8) is 0 Å². The van der Waals surface area contributed by atoms with Crippen LogP contribution in [0, 0.1) is 0 Å². The number of carbonyl (C=O) groups excluding carboxylic acids is 1. The number of aromatic amines is 1. The minimum absolute atomic E-state index is 0.0810. The molecule has 14 heteroatoms. The molecule has 8 nitrogen and oxygen atoms in total. The number of amides is 1. The Morgan fingerprint density at radius 3 is 2.14 bits per heavy atom. The minimum Gasteiger partial charge on any atom is -0.339 e. The van der Waals surface area contributed by atoms with E-state index in [9.17, 15) is 35.9 Å². The van der Waals surface area contributed by atoms with Crippen LogP contribution in [-0.4, -0.2) is 57.2 Å². The van der Waals surface area contributed by atoms with Crippen LogP contribution in [0.3, 0.4) is 0 Å². The first-order valence-corrected chi connectivity index (χ1v) is 11.5. The highest BCUT2D eigenvalue weighted by molar-refractivity contribution is 5.76. The Hall–Kier alpha value is -3.19. The van der Waals surface area contributed by atoms with Crippen LogP contribution in [0.4, 0.5) is 32.3 Å². The van der Waals surface area contributed by atoms with Gasteiger partial charge in [0, 0.05) is 45.0 Å². The van der Waals surface area contributed by atoms with Crippen molar-refractivity contribution in [2.75, 3.05) is 31.1 Å². The Labute approximate surface area is 202 Å². The smallest absolute Gasteiger partial charge is 0.339 e. The second-order valence-corrected chi connectivity index (χ2v) is 8.45. The maximum absolute atomic E-state index is 12.6. The van der Waals surface area contributed by atoms with Gasteiger partial charge in [0.15, 0.2) is 0 Å². The molecule has 3 heterocycles.